The van der Waals surface area contributed by atoms with Crippen LogP contribution in [0.1, 0.15) is 21.5 Å². The molecule has 1 heterocycles. The van der Waals surface area contributed by atoms with E-state index in [9.17, 15) is 9.90 Å². The second kappa shape index (κ2) is 5.59. The zero-order valence-electron chi connectivity index (χ0n) is 12.0. The minimum Gasteiger partial charge on any atom is -0.507 e. The summed E-state index contributed by atoms with van der Waals surface area (Å²) in [5.74, 6) is -0.501. The van der Waals surface area contributed by atoms with Gasteiger partial charge in [0.15, 0.2) is 5.13 Å². The molecule has 112 valence electrons. The fourth-order valence-electron chi connectivity index (χ4n) is 2.21. The van der Waals surface area contributed by atoms with E-state index in [-0.39, 0.29) is 11.3 Å². The number of benzene rings is 2. The molecule has 0 aliphatic carbocycles. The summed E-state index contributed by atoms with van der Waals surface area (Å²) in [6.45, 7) is 3.69. The lowest BCUT2D eigenvalue weighted by atomic mass is 10.1. The number of nitrogens with zero attached hydrogens (tertiary/aromatic N) is 1. The third kappa shape index (κ3) is 2.65. The maximum atomic E-state index is 12.3. The lowest BCUT2D eigenvalue weighted by molar-refractivity contribution is 0.102. The Morgan fingerprint density at radius 2 is 2.05 bits per heavy atom. The van der Waals surface area contributed by atoms with Crippen LogP contribution in [0.2, 0.25) is 5.02 Å². The Balaban J connectivity index is 1.95. The van der Waals surface area contributed by atoms with Crippen molar-refractivity contribution in [3.63, 3.8) is 0 Å². The average Bonchev–Trinajstić information content (AvgIpc) is 2.86. The fraction of sp³-hybridized carbons (Fsp3) is 0.125. The van der Waals surface area contributed by atoms with E-state index in [1.54, 1.807) is 13.0 Å². The smallest absolute Gasteiger partial charge is 0.261 e. The van der Waals surface area contributed by atoms with Gasteiger partial charge in [-0.25, -0.2) is 4.98 Å². The molecule has 0 radical (unpaired) electrons. The number of fused-ring (bicyclic) bond motifs is 1. The van der Waals surface area contributed by atoms with Crippen molar-refractivity contribution in [2.24, 2.45) is 0 Å². The maximum absolute atomic E-state index is 12.3. The number of aryl methyl sites for hydroxylation is 2. The van der Waals surface area contributed by atoms with E-state index < -0.39 is 5.91 Å². The topological polar surface area (TPSA) is 62.2 Å². The molecule has 0 unspecified atom stereocenters. The van der Waals surface area contributed by atoms with Crippen LogP contribution in [0, 0.1) is 13.8 Å². The van der Waals surface area contributed by atoms with Crippen molar-refractivity contribution in [3.05, 3.63) is 52.0 Å². The number of halogens is 1. The molecule has 0 aliphatic heterocycles. The van der Waals surface area contributed by atoms with Gasteiger partial charge in [0.25, 0.3) is 5.91 Å². The van der Waals surface area contributed by atoms with Gasteiger partial charge in [-0.05, 0) is 43.2 Å². The van der Waals surface area contributed by atoms with Crippen LogP contribution >= 0.6 is 22.9 Å². The van der Waals surface area contributed by atoms with Crippen molar-refractivity contribution in [3.8, 4) is 5.75 Å². The van der Waals surface area contributed by atoms with Crippen molar-refractivity contribution in [2.45, 2.75) is 13.8 Å². The van der Waals surface area contributed by atoms with Gasteiger partial charge in [0.05, 0.1) is 15.8 Å². The molecule has 3 rings (SSSR count). The number of carbonyl (C=O) groups is 1. The van der Waals surface area contributed by atoms with Gasteiger partial charge in [0.2, 0.25) is 0 Å². The Bertz CT molecular complexity index is 889. The van der Waals surface area contributed by atoms with E-state index >= 15 is 0 Å². The quantitative estimate of drug-likeness (QED) is 0.725. The Labute approximate surface area is 136 Å². The molecule has 22 heavy (non-hydrogen) atoms. The monoisotopic (exact) mass is 332 g/mol. The van der Waals surface area contributed by atoms with E-state index in [1.165, 1.54) is 17.4 Å². The molecule has 2 N–H and O–H groups in total. The first-order chi connectivity index (χ1) is 10.5. The highest BCUT2D eigenvalue weighted by Gasteiger charge is 2.16. The molecule has 0 atom stereocenters. The number of carbonyl (C=O) groups excluding carboxylic acids is 1. The number of phenols is 1. The molecule has 0 aliphatic rings. The molecule has 0 spiro atoms. The summed E-state index contributed by atoms with van der Waals surface area (Å²) >= 11 is 7.35. The van der Waals surface area contributed by atoms with Crippen molar-refractivity contribution in [2.75, 3.05) is 5.32 Å². The zero-order valence-corrected chi connectivity index (χ0v) is 13.5. The van der Waals surface area contributed by atoms with Crippen LogP contribution in [0.5, 0.6) is 5.75 Å². The molecule has 2 aromatic carbocycles. The van der Waals surface area contributed by atoms with Crippen LogP contribution in [0.25, 0.3) is 10.2 Å². The highest BCUT2D eigenvalue weighted by atomic mass is 35.5. The summed E-state index contributed by atoms with van der Waals surface area (Å²) < 4.78 is 1.03. The summed E-state index contributed by atoms with van der Waals surface area (Å²) in [6, 6.07) is 8.87. The number of aromatic nitrogens is 1. The first kappa shape index (κ1) is 14.8. The molecule has 0 fully saturated rings. The van der Waals surface area contributed by atoms with Crippen LogP contribution in [0.3, 0.4) is 0 Å². The Morgan fingerprint density at radius 3 is 2.77 bits per heavy atom. The van der Waals surface area contributed by atoms with Gasteiger partial charge in [-0.15, -0.1) is 0 Å². The number of rotatable bonds is 2. The number of phenolic OH excluding ortho intramolecular Hbond substituents is 1. The number of aromatic hydroxyl groups is 1. The molecule has 1 amide bonds. The summed E-state index contributed by atoms with van der Waals surface area (Å²) in [7, 11) is 0. The van der Waals surface area contributed by atoms with Crippen LogP contribution in [0.4, 0.5) is 5.13 Å². The Hall–Kier alpha value is -2.11. The molecule has 6 heteroatoms. The maximum Gasteiger partial charge on any atom is 0.261 e. The molecular weight excluding hydrogens is 320 g/mol. The zero-order chi connectivity index (χ0) is 15.9. The molecule has 3 aromatic rings. The predicted molar refractivity (Wildman–Crippen MR) is 90.2 cm³/mol. The van der Waals surface area contributed by atoms with Gasteiger partial charge < -0.3 is 5.11 Å². The Kier molecular flexibility index (Phi) is 3.76. The number of thiazole rings is 1. The van der Waals surface area contributed by atoms with E-state index in [4.69, 9.17) is 11.6 Å². The first-order valence-corrected chi connectivity index (χ1v) is 7.82. The normalized spacial score (nSPS) is 10.9. The predicted octanol–water partition coefficient (Wildman–Crippen LogP) is 4.52. The number of anilines is 1. The molecule has 0 saturated heterocycles. The van der Waals surface area contributed by atoms with Gasteiger partial charge in [-0.2, -0.15) is 0 Å². The van der Waals surface area contributed by atoms with Crippen LogP contribution < -0.4 is 5.32 Å². The lowest BCUT2D eigenvalue weighted by Gasteiger charge is -2.07. The third-order valence-electron chi connectivity index (χ3n) is 3.34. The second-order valence-corrected chi connectivity index (χ2v) is 6.45. The van der Waals surface area contributed by atoms with E-state index in [2.05, 4.69) is 10.3 Å². The van der Waals surface area contributed by atoms with Gasteiger partial charge in [-0.1, -0.05) is 35.1 Å². The van der Waals surface area contributed by atoms with Crippen molar-refractivity contribution in [1.29, 1.82) is 0 Å². The van der Waals surface area contributed by atoms with Crippen LogP contribution in [0.15, 0.2) is 30.3 Å². The minimum absolute atomic E-state index is 0.0702. The molecule has 0 bridgehead atoms. The molecular formula is C16H13ClN2O2S. The largest absolute Gasteiger partial charge is 0.507 e. The minimum atomic E-state index is -0.431. The third-order valence-corrected chi connectivity index (χ3v) is 4.68. The summed E-state index contributed by atoms with van der Waals surface area (Å²) in [6.07, 6.45) is 0. The number of amides is 1. The van der Waals surface area contributed by atoms with Crippen molar-refractivity contribution < 1.29 is 9.90 Å². The van der Waals surface area contributed by atoms with E-state index in [0.717, 1.165) is 15.8 Å². The van der Waals surface area contributed by atoms with Gasteiger partial charge in [-0.3, -0.25) is 10.1 Å². The number of hydrogen-bond acceptors (Lipinski definition) is 4. The highest BCUT2D eigenvalue weighted by molar-refractivity contribution is 7.22. The first-order valence-electron chi connectivity index (χ1n) is 6.62. The standard InChI is InChI=1S/C16H13ClN2O2S/c1-8-4-3-5-12-14(8)22-16(18-12)19-15(21)11-7-10(17)6-9(2)13(11)20/h3-7,20H,1-2H3,(H,18,19,21). The van der Waals surface area contributed by atoms with Gasteiger partial charge in [0.1, 0.15) is 5.75 Å². The van der Waals surface area contributed by atoms with Crippen LogP contribution in [-0.2, 0) is 0 Å². The van der Waals surface area contributed by atoms with Gasteiger partial charge >= 0.3 is 0 Å². The average molecular weight is 333 g/mol. The summed E-state index contributed by atoms with van der Waals surface area (Å²) in [5.41, 5.74) is 2.64. The summed E-state index contributed by atoms with van der Waals surface area (Å²) in [4.78, 5) is 16.7. The Morgan fingerprint density at radius 1 is 1.27 bits per heavy atom. The van der Waals surface area contributed by atoms with Crippen molar-refractivity contribution in [1.82, 2.24) is 4.98 Å². The number of nitrogens with one attached hydrogen (secondary N) is 1. The second-order valence-electron chi connectivity index (χ2n) is 5.02. The lowest BCUT2D eigenvalue weighted by Crippen LogP contribution is -2.12. The van der Waals surface area contributed by atoms with Gasteiger partial charge in [0, 0.05) is 5.02 Å². The van der Waals surface area contributed by atoms with E-state index in [0.29, 0.717) is 15.7 Å². The highest BCUT2D eigenvalue weighted by Crippen LogP contribution is 2.31. The fourth-order valence-corrected chi connectivity index (χ4v) is 3.41. The van der Waals surface area contributed by atoms with E-state index in [1.807, 2.05) is 25.1 Å². The molecule has 4 nitrogen and oxygen atoms in total. The van der Waals surface area contributed by atoms with Crippen LogP contribution in [-0.4, -0.2) is 16.0 Å². The summed E-state index contributed by atoms with van der Waals surface area (Å²) in [5, 5.41) is 13.6. The SMILES string of the molecule is Cc1cc(Cl)cc(C(=O)Nc2nc3cccc(C)c3s2)c1O. The number of hydrogen-bond donors (Lipinski definition) is 2. The van der Waals surface area contributed by atoms with Crippen molar-refractivity contribution >= 4 is 44.2 Å². The molecule has 1 aromatic heterocycles. The molecule has 0 saturated carbocycles.